The number of hydrogen-bond acceptors (Lipinski definition) is 3. The van der Waals surface area contributed by atoms with Gasteiger partial charge in [0, 0.05) is 11.3 Å². The molecule has 2 aromatic rings. The molecular weight excluding hydrogens is 254 g/mol. The molecule has 5 heteroatoms. The first kappa shape index (κ1) is 13.0. The molecule has 96 valence electrons. The van der Waals surface area contributed by atoms with Crippen molar-refractivity contribution in [1.82, 2.24) is 4.98 Å². The zero-order chi connectivity index (χ0) is 13.3. The third-order valence-electron chi connectivity index (χ3n) is 2.65. The van der Waals surface area contributed by atoms with Crippen LogP contribution in [0.25, 0.3) is 0 Å². The van der Waals surface area contributed by atoms with Crippen LogP contribution in [0, 0.1) is 11.6 Å². The Morgan fingerprint density at radius 1 is 1.33 bits per heavy atom. The minimum atomic E-state index is -0.435. The fourth-order valence-electron chi connectivity index (χ4n) is 1.81. The number of hydrogen-bond donors (Lipinski definition) is 1. The summed E-state index contributed by atoms with van der Waals surface area (Å²) in [4.78, 5) is 5.13. The maximum Gasteiger partial charge on any atom is 0.180 e. The van der Waals surface area contributed by atoms with Crippen molar-refractivity contribution >= 4 is 16.5 Å². The molecule has 1 heterocycles. The average molecular weight is 268 g/mol. The zero-order valence-electron chi connectivity index (χ0n) is 10.2. The Balaban J connectivity index is 2.36. The van der Waals surface area contributed by atoms with E-state index in [1.165, 1.54) is 17.4 Å². The van der Waals surface area contributed by atoms with Crippen LogP contribution in [0.5, 0.6) is 0 Å². The highest BCUT2D eigenvalue weighted by Crippen LogP contribution is 2.29. The summed E-state index contributed by atoms with van der Waals surface area (Å²) in [5, 5.41) is 0.463. The molecule has 0 atom stereocenters. The van der Waals surface area contributed by atoms with Gasteiger partial charge in [-0.2, -0.15) is 0 Å². The first-order valence-electron chi connectivity index (χ1n) is 5.66. The lowest BCUT2D eigenvalue weighted by atomic mass is 10.0. The van der Waals surface area contributed by atoms with Crippen LogP contribution < -0.4 is 5.73 Å². The van der Waals surface area contributed by atoms with Gasteiger partial charge in [-0.25, -0.2) is 13.8 Å². The fourth-order valence-corrected chi connectivity index (χ4v) is 2.82. The normalized spacial score (nSPS) is 11.2. The van der Waals surface area contributed by atoms with Crippen LogP contribution in [0.1, 0.15) is 35.9 Å². The number of rotatable bonds is 3. The molecule has 0 fully saturated rings. The summed E-state index contributed by atoms with van der Waals surface area (Å²) in [5.41, 5.74) is 6.87. The van der Waals surface area contributed by atoms with Crippen molar-refractivity contribution < 1.29 is 8.78 Å². The molecule has 0 bridgehead atoms. The molecule has 18 heavy (non-hydrogen) atoms. The summed E-state index contributed by atoms with van der Waals surface area (Å²) >= 11 is 1.33. The Kier molecular flexibility index (Phi) is 3.61. The Morgan fingerprint density at radius 3 is 2.72 bits per heavy atom. The third kappa shape index (κ3) is 2.67. The maximum atomic E-state index is 13.6. The number of anilines is 1. The molecule has 0 aliphatic heterocycles. The number of halogens is 2. The fraction of sp³-hybridized carbons (Fsp3) is 0.308. The van der Waals surface area contributed by atoms with E-state index < -0.39 is 11.6 Å². The standard InChI is InChI=1S/C13H14F2N2S/c1-7(2)12-11(18-13(16)17-12)6-8-5-9(14)3-4-10(8)15/h3-5,7H,6H2,1-2H3,(H2,16,17). The van der Waals surface area contributed by atoms with Crippen molar-refractivity contribution in [2.45, 2.75) is 26.2 Å². The first-order chi connectivity index (χ1) is 8.47. The van der Waals surface area contributed by atoms with Gasteiger partial charge in [0.2, 0.25) is 0 Å². The van der Waals surface area contributed by atoms with Crippen molar-refractivity contribution in [2.24, 2.45) is 0 Å². The predicted molar refractivity (Wildman–Crippen MR) is 69.8 cm³/mol. The second-order valence-corrected chi connectivity index (χ2v) is 5.54. The summed E-state index contributed by atoms with van der Waals surface area (Å²) in [6.45, 7) is 4.00. The van der Waals surface area contributed by atoms with E-state index in [9.17, 15) is 8.78 Å². The van der Waals surface area contributed by atoms with Crippen LogP contribution in [-0.4, -0.2) is 4.98 Å². The van der Waals surface area contributed by atoms with E-state index in [0.717, 1.165) is 22.7 Å². The molecule has 0 radical (unpaired) electrons. The molecule has 2 rings (SSSR count). The predicted octanol–water partition coefficient (Wildman–Crippen LogP) is 3.72. The number of thiazole rings is 1. The van der Waals surface area contributed by atoms with E-state index >= 15 is 0 Å². The van der Waals surface area contributed by atoms with Gasteiger partial charge < -0.3 is 5.73 Å². The molecule has 0 saturated heterocycles. The minimum Gasteiger partial charge on any atom is -0.375 e. The number of benzene rings is 1. The summed E-state index contributed by atoms with van der Waals surface area (Å²) in [6.07, 6.45) is 0.325. The zero-order valence-corrected chi connectivity index (χ0v) is 11.0. The van der Waals surface area contributed by atoms with E-state index in [1.54, 1.807) is 0 Å². The highest BCUT2D eigenvalue weighted by molar-refractivity contribution is 7.15. The van der Waals surface area contributed by atoms with Crippen molar-refractivity contribution in [1.29, 1.82) is 0 Å². The highest BCUT2D eigenvalue weighted by atomic mass is 32.1. The van der Waals surface area contributed by atoms with Gasteiger partial charge in [0.05, 0.1) is 5.69 Å². The number of aromatic nitrogens is 1. The van der Waals surface area contributed by atoms with Crippen LogP contribution in [0.4, 0.5) is 13.9 Å². The second-order valence-electron chi connectivity index (χ2n) is 4.43. The van der Waals surface area contributed by atoms with Crippen LogP contribution >= 0.6 is 11.3 Å². The lowest BCUT2D eigenvalue weighted by Gasteiger charge is -2.06. The smallest absolute Gasteiger partial charge is 0.180 e. The molecule has 1 aromatic carbocycles. The van der Waals surface area contributed by atoms with E-state index in [0.29, 0.717) is 17.1 Å². The average Bonchev–Trinajstić information content (AvgIpc) is 2.65. The molecule has 0 saturated carbocycles. The number of nitrogens with zero attached hydrogens (tertiary/aromatic N) is 1. The second kappa shape index (κ2) is 5.02. The van der Waals surface area contributed by atoms with Crippen LogP contribution in [0.15, 0.2) is 18.2 Å². The van der Waals surface area contributed by atoms with Gasteiger partial charge in [0.15, 0.2) is 5.13 Å². The van der Waals surface area contributed by atoms with E-state index in [1.807, 2.05) is 13.8 Å². The Morgan fingerprint density at radius 2 is 2.06 bits per heavy atom. The molecule has 0 amide bonds. The minimum absolute atomic E-state index is 0.213. The SMILES string of the molecule is CC(C)c1nc(N)sc1Cc1cc(F)ccc1F. The Bertz CT molecular complexity index is 564. The van der Waals surface area contributed by atoms with E-state index in [4.69, 9.17) is 5.73 Å². The van der Waals surface area contributed by atoms with Gasteiger partial charge in [-0.05, 0) is 29.7 Å². The maximum absolute atomic E-state index is 13.6. The van der Waals surface area contributed by atoms with Gasteiger partial charge in [0.1, 0.15) is 11.6 Å². The largest absolute Gasteiger partial charge is 0.375 e. The summed E-state index contributed by atoms with van der Waals surface area (Å²) in [5.74, 6) is -0.627. The summed E-state index contributed by atoms with van der Waals surface area (Å²) in [7, 11) is 0. The van der Waals surface area contributed by atoms with E-state index in [2.05, 4.69) is 4.98 Å². The lowest BCUT2D eigenvalue weighted by molar-refractivity contribution is 0.588. The van der Waals surface area contributed by atoms with Crippen molar-refractivity contribution in [3.05, 3.63) is 46.0 Å². The number of nitrogens with two attached hydrogens (primary N) is 1. The topological polar surface area (TPSA) is 38.9 Å². The van der Waals surface area contributed by atoms with Gasteiger partial charge in [-0.15, -0.1) is 11.3 Å². The van der Waals surface area contributed by atoms with Crippen molar-refractivity contribution in [3.63, 3.8) is 0 Å². The van der Waals surface area contributed by atoms with E-state index in [-0.39, 0.29) is 5.92 Å². The quantitative estimate of drug-likeness (QED) is 0.921. The summed E-state index contributed by atoms with van der Waals surface area (Å²) in [6, 6.07) is 3.47. The highest BCUT2D eigenvalue weighted by Gasteiger charge is 2.15. The molecule has 0 aliphatic carbocycles. The van der Waals surface area contributed by atoms with Crippen LogP contribution in [0.3, 0.4) is 0 Å². The third-order valence-corrected chi connectivity index (χ3v) is 3.55. The molecule has 1 aromatic heterocycles. The Labute approximate surface area is 108 Å². The monoisotopic (exact) mass is 268 g/mol. The van der Waals surface area contributed by atoms with Gasteiger partial charge in [0.25, 0.3) is 0 Å². The molecular formula is C13H14F2N2S. The van der Waals surface area contributed by atoms with Crippen molar-refractivity contribution in [2.75, 3.05) is 5.73 Å². The lowest BCUT2D eigenvalue weighted by Crippen LogP contribution is -1.98. The first-order valence-corrected chi connectivity index (χ1v) is 6.48. The van der Waals surface area contributed by atoms with Gasteiger partial charge in [-0.3, -0.25) is 0 Å². The molecule has 2 N–H and O–H groups in total. The Hall–Kier alpha value is -1.49. The molecule has 2 nitrogen and oxygen atoms in total. The molecule has 0 spiro atoms. The van der Waals surface area contributed by atoms with Crippen molar-refractivity contribution in [3.8, 4) is 0 Å². The molecule has 0 unspecified atom stereocenters. The molecule has 0 aliphatic rings. The number of nitrogen functional groups attached to an aromatic ring is 1. The van der Waals surface area contributed by atoms with Crippen LogP contribution in [0.2, 0.25) is 0 Å². The van der Waals surface area contributed by atoms with Gasteiger partial charge in [-0.1, -0.05) is 13.8 Å². The van der Waals surface area contributed by atoms with Gasteiger partial charge >= 0.3 is 0 Å². The summed E-state index contributed by atoms with van der Waals surface area (Å²) < 4.78 is 26.7. The van der Waals surface area contributed by atoms with Crippen LogP contribution in [-0.2, 0) is 6.42 Å².